The van der Waals surface area contributed by atoms with E-state index in [0.717, 1.165) is 38.1 Å². The van der Waals surface area contributed by atoms with Crippen LogP contribution in [0.15, 0.2) is 24.3 Å². The lowest BCUT2D eigenvalue weighted by atomic mass is 9.87. The first-order valence-electron chi connectivity index (χ1n) is 6.61. The minimum atomic E-state index is -0.0458. The molecule has 1 aliphatic carbocycles. The Kier molecular flexibility index (Phi) is 4.06. The molecular formula is C15H23NO. The van der Waals surface area contributed by atoms with E-state index in [1.165, 1.54) is 11.3 Å². The Morgan fingerprint density at radius 2 is 1.94 bits per heavy atom. The molecule has 2 nitrogen and oxygen atoms in total. The van der Waals surface area contributed by atoms with Gasteiger partial charge in [0.15, 0.2) is 0 Å². The van der Waals surface area contributed by atoms with Gasteiger partial charge in [-0.1, -0.05) is 12.1 Å². The van der Waals surface area contributed by atoms with Gasteiger partial charge in [0.25, 0.3) is 0 Å². The zero-order valence-corrected chi connectivity index (χ0v) is 10.9. The van der Waals surface area contributed by atoms with Gasteiger partial charge in [-0.15, -0.1) is 0 Å². The van der Waals surface area contributed by atoms with Crippen molar-refractivity contribution in [2.45, 2.75) is 38.7 Å². The Hall–Kier alpha value is -1.02. The van der Waals surface area contributed by atoms with Crippen LogP contribution in [0.1, 0.15) is 31.2 Å². The summed E-state index contributed by atoms with van der Waals surface area (Å²) >= 11 is 0. The lowest BCUT2D eigenvalue weighted by Crippen LogP contribution is -2.29. The molecule has 1 N–H and O–H groups in total. The highest BCUT2D eigenvalue weighted by molar-refractivity contribution is 5.47. The van der Waals surface area contributed by atoms with Gasteiger partial charge in [-0.2, -0.15) is 0 Å². The fourth-order valence-electron chi connectivity index (χ4n) is 2.69. The molecule has 0 radical (unpaired) electrons. The third-order valence-corrected chi connectivity index (χ3v) is 3.79. The first-order valence-corrected chi connectivity index (χ1v) is 6.61. The summed E-state index contributed by atoms with van der Waals surface area (Å²) in [5.74, 6) is 0.740. The highest BCUT2D eigenvalue weighted by Crippen LogP contribution is 2.26. The smallest absolute Gasteiger partial charge is 0.0540 e. The summed E-state index contributed by atoms with van der Waals surface area (Å²) in [5, 5.41) is 9.50. The number of aliphatic hydroxyl groups excluding tert-OH is 1. The number of hydrogen-bond acceptors (Lipinski definition) is 2. The number of anilines is 1. The normalized spacial score (nSPS) is 24.6. The first kappa shape index (κ1) is 12.4. The summed E-state index contributed by atoms with van der Waals surface area (Å²) < 4.78 is 0. The van der Waals surface area contributed by atoms with Gasteiger partial charge in [0.1, 0.15) is 0 Å². The van der Waals surface area contributed by atoms with Crippen molar-refractivity contribution in [2.75, 3.05) is 18.5 Å². The molecule has 2 rings (SSSR count). The number of aryl methyl sites for hydroxylation is 1. The highest BCUT2D eigenvalue weighted by Gasteiger charge is 2.20. The van der Waals surface area contributed by atoms with Crippen LogP contribution in [0.4, 0.5) is 5.69 Å². The Labute approximate surface area is 104 Å². The summed E-state index contributed by atoms with van der Waals surface area (Å²) in [6.07, 6.45) is 4.24. The summed E-state index contributed by atoms with van der Waals surface area (Å²) in [4.78, 5) is 2.34. The number of hydrogen-bond donors (Lipinski definition) is 1. The molecule has 94 valence electrons. The molecule has 0 aliphatic heterocycles. The van der Waals surface area contributed by atoms with Gasteiger partial charge >= 0.3 is 0 Å². The molecule has 1 fully saturated rings. The molecule has 0 bridgehead atoms. The molecule has 17 heavy (non-hydrogen) atoms. The Morgan fingerprint density at radius 3 is 2.59 bits per heavy atom. The van der Waals surface area contributed by atoms with E-state index in [-0.39, 0.29) is 6.10 Å². The summed E-state index contributed by atoms with van der Waals surface area (Å²) in [7, 11) is 2.17. The summed E-state index contributed by atoms with van der Waals surface area (Å²) in [5.41, 5.74) is 2.62. The van der Waals surface area contributed by atoms with Gasteiger partial charge in [-0.25, -0.2) is 0 Å². The van der Waals surface area contributed by atoms with Crippen molar-refractivity contribution in [3.05, 3.63) is 29.8 Å². The maximum atomic E-state index is 9.50. The molecule has 0 amide bonds. The minimum Gasteiger partial charge on any atom is -0.393 e. The predicted molar refractivity (Wildman–Crippen MR) is 72.4 cm³/mol. The Morgan fingerprint density at radius 1 is 1.24 bits per heavy atom. The van der Waals surface area contributed by atoms with E-state index in [9.17, 15) is 5.11 Å². The number of nitrogens with zero attached hydrogens (tertiary/aromatic N) is 1. The zero-order valence-electron chi connectivity index (χ0n) is 10.9. The SMILES string of the molecule is Cc1cccc(N(C)CC2CCC(O)CC2)c1. The van der Waals surface area contributed by atoms with Crippen molar-refractivity contribution in [1.82, 2.24) is 0 Å². The molecule has 0 saturated heterocycles. The van der Waals surface area contributed by atoms with E-state index in [4.69, 9.17) is 0 Å². The number of benzene rings is 1. The lowest BCUT2D eigenvalue weighted by Gasteiger charge is -2.30. The largest absolute Gasteiger partial charge is 0.393 e. The molecular weight excluding hydrogens is 210 g/mol. The van der Waals surface area contributed by atoms with E-state index in [1.807, 2.05) is 0 Å². The second kappa shape index (κ2) is 5.54. The van der Waals surface area contributed by atoms with Crippen LogP contribution >= 0.6 is 0 Å². The van der Waals surface area contributed by atoms with Gasteiger partial charge in [0, 0.05) is 19.3 Å². The average Bonchev–Trinajstić information content (AvgIpc) is 2.32. The minimum absolute atomic E-state index is 0.0458. The molecule has 0 heterocycles. The van der Waals surface area contributed by atoms with E-state index in [2.05, 4.69) is 43.1 Å². The molecule has 0 spiro atoms. The lowest BCUT2D eigenvalue weighted by molar-refractivity contribution is 0.110. The average molecular weight is 233 g/mol. The fraction of sp³-hybridized carbons (Fsp3) is 0.600. The van der Waals surface area contributed by atoms with Gasteiger partial charge < -0.3 is 10.0 Å². The Bertz CT molecular complexity index is 356. The molecule has 0 aromatic heterocycles. The summed E-state index contributed by atoms with van der Waals surface area (Å²) in [6.45, 7) is 3.24. The van der Waals surface area contributed by atoms with Crippen molar-refractivity contribution < 1.29 is 5.11 Å². The van der Waals surface area contributed by atoms with Gasteiger partial charge in [0.05, 0.1) is 6.10 Å². The third kappa shape index (κ3) is 3.47. The molecule has 1 aliphatic rings. The van der Waals surface area contributed by atoms with E-state index < -0.39 is 0 Å². The molecule has 0 atom stereocenters. The van der Waals surface area contributed by atoms with E-state index in [1.54, 1.807) is 0 Å². The fourth-order valence-corrected chi connectivity index (χ4v) is 2.69. The van der Waals surface area contributed by atoms with Crippen molar-refractivity contribution in [2.24, 2.45) is 5.92 Å². The van der Waals surface area contributed by atoms with Crippen LogP contribution in [-0.2, 0) is 0 Å². The topological polar surface area (TPSA) is 23.5 Å². The van der Waals surface area contributed by atoms with Crippen molar-refractivity contribution in [3.8, 4) is 0 Å². The van der Waals surface area contributed by atoms with Gasteiger partial charge in [0.2, 0.25) is 0 Å². The maximum Gasteiger partial charge on any atom is 0.0540 e. The van der Waals surface area contributed by atoms with Crippen LogP contribution in [0.25, 0.3) is 0 Å². The first-order chi connectivity index (χ1) is 8.15. The molecule has 0 unspecified atom stereocenters. The third-order valence-electron chi connectivity index (χ3n) is 3.79. The maximum absolute atomic E-state index is 9.50. The van der Waals surface area contributed by atoms with Crippen molar-refractivity contribution in [1.29, 1.82) is 0 Å². The van der Waals surface area contributed by atoms with Gasteiger partial charge in [-0.05, 0) is 56.2 Å². The molecule has 1 aromatic carbocycles. The zero-order chi connectivity index (χ0) is 12.3. The molecule has 2 heteroatoms. The van der Waals surface area contributed by atoms with E-state index >= 15 is 0 Å². The quantitative estimate of drug-likeness (QED) is 0.867. The summed E-state index contributed by atoms with van der Waals surface area (Å²) in [6, 6.07) is 8.66. The molecule has 1 saturated carbocycles. The van der Waals surface area contributed by atoms with Crippen LogP contribution in [-0.4, -0.2) is 24.8 Å². The van der Waals surface area contributed by atoms with Crippen LogP contribution in [0.2, 0.25) is 0 Å². The number of rotatable bonds is 3. The second-order valence-electron chi connectivity index (χ2n) is 5.39. The van der Waals surface area contributed by atoms with Crippen LogP contribution in [0.3, 0.4) is 0 Å². The van der Waals surface area contributed by atoms with Crippen molar-refractivity contribution in [3.63, 3.8) is 0 Å². The standard InChI is InChI=1S/C15H23NO/c1-12-4-3-5-14(10-12)16(2)11-13-6-8-15(17)9-7-13/h3-5,10,13,15,17H,6-9,11H2,1-2H3. The second-order valence-corrected chi connectivity index (χ2v) is 5.39. The molecule has 1 aromatic rings. The number of aliphatic hydroxyl groups is 1. The Balaban J connectivity index is 1.90. The monoisotopic (exact) mass is 233 g/mol. The van der Waals surface area contributed by atoms with Crippen LogP contribution in [0.5, 0.6) is 0 Å². The van der Waals surface area contributed by atoms with Crippen LogP contribution < -0.4 is 4.90 Å². The predicted octanol–water partition coefficient (Wildman–Crippen LogP) is 2.98. The van der Waals surface area contributed by atoms with Gasteiger partial charge in [-0.3, -0.25) is 0 Å². The highest BCUT2D eigenvalue weighted by atomic mass is 16.3. The van der Waals surface area contributed by atoms with E-state index in [0.29, 0.717) is 0 Å². The van der Waals surface area contributed by atoms with Crippen molar-refractivity contribution >= 4 is 5.69 Å². The van der Waals surface area contributed by atoms with Crippen LogP contribution in [0, 0.1) is 12.8 Å².